The molecule has 2 rings (SSSR count). The fourth-order valence-electron chi connectivity index (χ4n) is 1.85. The van der Waals surface area contributed by atoms with Gasteiger partial charge in [0.1, 0.15) is 0 Å². The predicted octanol–water partition coefficient (Wildman–Crippen LogP) is 1.81. The Bertz CT molecular complexity index is 413. The van der Waals surface area contributed by atoms with Crippen LogP contribution in [0.5, 0.6) is 0 Å². The van der Waals surface area contributed by atoms with E-state index >= 15 is 0 Å². The van der Waals surface area contributed by atoms with Crippen LogP contribution in [0.3, 0.4) is 0 Å². The third kappa shape index (κ3) is 1.86. The minimum absolute atomic E-state index is 0.0147. The molecule has 0 bridgehead atoms. The summed E-state index contributed by atoms with van der Waals surface area (Å²) in [6.07, 6.45) is 4.92. The number of rotatable bonds is 4. The molecule has 16 heavy (non-hydrogen) atoms. The van der Waals surface area contributed by atoms with Crippen LogP contribution in [0.1, 0.15) is 24.0 Å². The summed E-state index contributed by atoms with van der Waals surface area (Å²) in [6.45, 7) is 0.0147. The van der Waals surface area contributed by atoms with Gasteiger partial charge in [0.2, 0.25) is 0 Å². The number of hydrogen-bond donors (Lipinski definition) is 2. The van der Waals surface area contributed by atoms with Gasteiger partial charge in [-0.3, -0.25) is 4.79 Å². The molecule has 0 aliphatic heterocycles. The normalized spacial score (nSPS) is 17.6. The first-order chi connectivity index (χ1) is 7.69. The molecule has 0 saturated heterocycles. The Morgan fingerprint density at radius 2 is 1.94 bits per heavy atom. The number of carboxylic acids is 1. The SMILES string of the molecule is O=C(O)C1(c2ccc(C=CCO)cc2)CC1. The Hall–Kier alpha value is -1.61. The van der Waals surface area contributed by atoms with Gasteiger partial charge in [-0.15, -0.1) is 0 Å². The molecular weight excluding hydrogens is 204 g/mol. The lowest BCUT2D eigenvalue weighted by atomic mass is 9.95. The Balaban J connectivity index is 2.20. The average Bonchev–Trinajstić information content (AvgIpc) is 3.08. The summed E-state index contributed by atoms with van der Waals surface area (Å²) in [4.78, 5) is 11.1. The molecule has 0 unspecified atom stereocenters. The van der Waals surface area contributed by atoms with Gasteiger partial charge in [0.25, 0.3) is 0 Å². The van der Waals surface area contributed by atoms with Gasteiger partial charge < -0.3 is 10.2 Å². The lowest BCUT2D eigenvalue weighted by molar-refractivity contribution is -0.140. The van der Waals surface area contributed by atoms with E-state index in [0.29, 0.717) is 0 Å². The maximum absolute atomic E-state index is 11.1. The predicted molar refractivity (Wildman–Crippen MR) is 61.1 cm³/mol. The fourth-order valence-corrected chi connectivity index (χ4v) is 1.85. The summed E-state index contributed by atoms with van der Waals surface area (Å²) < 4.78 is 0. The standard InChI is InChI=1S/C13H14O3/c14-9-1-2-10-3-5-11(6-4-10)13(7-8-13)12(15)16/h1-6,14H,7-9H2,(H,15,16). The quantitative estimate of drug-likeness (QED) is 0.810. The van der Waals surface area contributed by atoms with E-state index in [0.717, 1.165) is 24.0 Å². The van der Waals surface area contributed by atoms with Crippen LogP contribution in [0.25, 0.3) is 6.08 Å². The first-order valence-electron chi connectivity index (χ1n) is 5.30. The summed E-state index contributed by atoms with van der Waals surface area (Å²) in [5.74, 6) is -0.730. The van der Waals surface area contributed by atoms with Gasteiger partial charge in [0, 0.05) is 0 Å². The number of carboxylic acid groups (broad SMARTS) is 1. The van der Waals surface area contributed by atoms with Gasteiger partial charge in [-0.1, -0.05) is 36.4 Å². The molecule has 0 aromatic heterocycles. The zero-order valence-electron chi connectivity index (χ0n) is 8.89. The Kier molecular flexibility index (Phi) is 2.79. The van der Waals surface area contributed by atoms with Crippen LogP contribution >= 0.6 is 0 Å². The van der Waals surface area contributed by atoms with Crippen molar-refractivity contribution in [2.75, 3.05) is 6.61 Å². The smallest absolute Gasteiger partial charge is 0.314 e. The number of carbonyl (C=O) groups is 1. The highest BCUT2D eigenvalue weighted by atomic mass is 16.4. The maximum atomic E-state index is 11.1. The molecular formula is C13H14O3. The second-order valence-electron chi connectivity index (χ2n) is 4.09. The molecule has 1 fully saturated rings. The van der Waals surface area contributed by atoms with Gasteiger partial charge in [0.05, 0.1) is 12.0 Å². The van der Waals surface area contributed by atoms with Crippen LogP contribution in [0, 0.1) is 0 Å². The summed E-state index contributed by atoms with van der Waals surface area (Å²) in [7, 11) is 0. The largest absolute Gasteiger partial charge is 0.481 e. The first-order valence-corrected chi connectivity index (χ1v) is 5.30. The lowest BCUT2D eigenvalue weighted by Gasteiger charge is -2.09. The van der Waals surface area contributed by atoms with E-state index in [9.17, 15) is 4.79 Å². The zero-order chi connectivity index (χ0) is 11.6. The molecule has 0 atom stereocenters. The molecule has 3 nitrogen and oxygen atoms in total. The topological polar surface area (TPSA) is 57.5 Å². The van der Waals surface area contributed by atoms with Crippen molar-refractivity contribution < 1.29 is 15.0 Å². The van der Waals surface area contributed by atoms with Gasteiger partial charge in [-0.25, -0.2) is 0 Å². The summed E-state index contributed by atoms with van der Waals surface area (Å²) >= 11 is 0. The first kappa shape index (κ1) is 10.9. The zero-order valence-corrected chi connectivity index (χ0v) is 8.89. The third-order valence-corrected chi connectivity index (χ3v) is 3.04. The molecule has 1 aromatic carbocycles. The van der Waals surface area contributed by atoms with Crippen molar-refractivity contribution in [1.82, 2.24) is 0 Å². The van der Waals surface area contributed by atoms with E-state index < -0.39 is 11.4 Å². The average molecular weight is 218 g/mol. The van der Waals surface area contributed by atoms with Crippen LogP contribution in [0.4, 0.5) is 0 Å². The number of benzene rings is 1. The van der Waals surface area contributed by atoms with E-state index in [1.165, 1.54) is 0 Å². The van der Waals surface area contributed by atoms with Gasteiger partial charge in [0.15, 0.2) is 0 Å². The van der Waals surface area contributed by atoms with E-state index in [4.69, 9.17) is 10.2 Å². The number of aliphatic hydroxyl groups excluding tert-OH is 1. The summed E-state index contributed by atoms with van der Waals surface area (Å²) in [6, 6.07) is 7.48. The Morgan fingerprint density at radius 3 is 2.38 bits per heavy atom. The monoisotopic (exact) mass is 218 g/mol. The van der Waals surface area contributed by atoms with Crippen molar-refractivity contribution in [2.45, 2.75) is 18.3 Å². The molecule has 1 saturated carbocycles. The highest BCUT2D eigenvalue weighted by molar-refractivity contribution is 5.85. The molecule has 1 aliphatic rings. The van der Waals surface area contributed by atoms with E-state index in [2.05, 4.69) is 0 Å². The number of aliphatic carboxylic acids is 1. The molecule has 0 heterocycles. The molecule has 84 valence electrons. The van der Waals surface area contributed by atoms with Crippen molar-refractivity contribution in [2.24, 2.45) is 0 Å². The molecule has 0 amide bonds. The van der Waals surface area contributed by atoms with Crippen molar-refractivity contribution >= 4 is 12.0 Å². The molecule has 1 aliphatic carbocycles. The Morgan fingerprint density at radius 1 is 1.31 bits per heavy atom. The highest BCUT2D eigenvalue weighted by Gasteiger charge is 2.51. The molecule has 1 aromatic rings. The van der Waals surface area contributed by atoms with Crippen molar-refractivity contribution in [3.63, 3.8) is 0 Å². The van der Waals surface area contributed by atoms with E-state index in [-0.39, 0.29) is 6.61 Å². The molecule has 2 N–H and O–H groups in total. The van der Waals surface area contributed by atoms with E-state index in [1.807, 2.05) is 30.3 Å². The second kappa shape index (κ2) is 4.10. The van der Waals surface area contributed by atoms with Crippen LogP contribution in [0.2, 0.25) is 0 Å². The van der Waals surface area contributed by atoms with Crippen molar-refractivity contribution in [3.8, 4) is 0 Å². The van der Waals surface area contributed by atoms with Crippen LogP contribution in [-0.4, -0.2) is 22.8 Å². The Labute approximate surface area is 94.0 Å². The van der Waals surface area contributed by atoms with Crippen molar-refractivity contribution in [1.29, 1.82) is 0 Å². The van der Waals surface area contributed by atoms with Crippen LogP contribution in [-0.2, 0) is 10.2 Å². The third-order valence-electron chi connectivity index (χ3n) is 3.04. The van der Waals surface area contributed by atoms with Gasteiger partial charge in [-0.05, 0) is 24.0 Å². The number of hydrogen-bond acceptors (Lipinski definition) is 2. The molecule has 0 radical (unpaired) electrons. The highest BCUT2D eigenvalue weighted by Crippen LogP contribution is 2.48. The fraction of sp³-hybridized carbons (Fsp3) is 0.308. The second-order valence-corrected chi connectivity index (χ2v) is 4.09. The molecule has 3 heteroatoms. The summed E-state index contributed by atoms with van der Waals surface area (Å²) in [5.41, 5.74) is 1.22. The number of aliphatic hydroxyl groups is 1. The lowest BCUT2D eigenvalue weighted by Crippen LogP contribution is -2.19. The van der Waals surface area contributed by atoms with E-state index in [1.54, 1.807) is 6.08 Å². The van der Waals surface area contributed by atoms with Crippen molar-refractivity contribution in [3.05, 3.63) is 41.5 Å². The minimum Gasteiger partial charge on any atom is -0.481 e. The van der Waals surface area contributed by atoms with Gasteiger partial charge in [-0.2, -0.15) is 0 Å². The minimum atomic E-state index is -0.730. The maximum Gasteiger partial charge on any atom is 0.314 e. The van der Waals surface area contributed by atoms with Gasteiger partial charge >= 0.3 is 5.97 Å². The van der Waals surface area contributed by atoms with Crippen LogP contribution < -0.4 is 0 Å². The molecule has 0 spiro atoms. The van der Waals surface area contributed by atoms with Crippen LogP contribution in [0.15, 0.2) is 30.3 Å². The summed E-state index contributed by atoms with van der Waals surface area (Å²) in [5, 5.41) is 17.8.